The van der Waals surface area contributed by atoms with E-state index >= 15 is 0 Å². The number of amides is 1. The van der Waals surface area contributed by atoms with Gasteiger partial charge >= 0.3 is 0 Å². The summed E-state index contributed by atoms with van der Waals surface area (Å²) in [5, 5.41) is 6.90. The highest BCUT2D eigenvalue weighted by molar-refractivity contribution is 6.13. The number of fused-ring (bicyclic) bond motifs is 2. The molecule has 8 nitrogen and oxygen atoms in total. The number of carbonyl (C=O) groups is 1. The summed E-state index contributed by atoms with van der Waals surface area (Å²) >= 11 is 0. The van der Waals surface area contributed by atoms with Crippen LogP contribution in [0.25, 0.3) is 21.8 Å². The number of rotatable bonds is 12. The third-order valence-electron chi connectivity index (χ3n) is 7.31. The Morgan fingerprint density at radius 3 is 2.42 bits per heavy atom. The van der Waals surface area contributed by atoms with Gasteiger partial charge in [-0.3, -0.25) is 9.59 Å². The van der Waals surface area contributed by atoms with Crippen molar-refractivity contribution in [1.29, 1.82) is 0 Å². The number of aromatic nitrogens is 1. The highest BCUT2D eigenvalue weighted by Gasteiger charge is 2.16. The lowest BCUT2D eigenvalue weighted by atomic mass is 10.1. The maximum absolute atomic E-state index is 14.4. The van der Waals surface area contributed by atoms with E-state index in [0.29, 0.717) is 23.4 Å². The van der Waals surface area contributed by atoms with Crippen molar-refractivity contribution in [3.8, 4) is 17.2 Å². The molecule has 0 aliphatic rings. The normalized spacial score (nSPS) is 11.1. The molecule has 0 bridgehead atoms. The Labute approximate surface area is 248 Å². The first-order valence-corrected chi connectivity index (χ1v) is 14.1. The second-order valence-corrected chi connectivity index (χ2v) is 10.2. The molecule has 1 amide bonds. The monoisotopic (exact) mass is 583 g/mol. The fourth-order valence-electron chi connectivity index (χ4n) is 5.01. The van der Waals surface area contributed by atoms with E-state index in [1.54, 1.807) is 50.6 Å². The van der Waals surface area contributed by atoms with Gasteiger partial charge in [-0.25, -0.2) is 4.39 Å². The minimum absolute atomic E-state index is 0.0750. The molecule has 3 N–H and O–H groups in total. The van der Waals surface area contributed by atoms with Crippen LogP contribution in [0.3, 0.4) is 0 Å². The van der Waals surface area contributed by atoms with Crippen LogP contribution in [-0.4, -0.2) is 44.8 Å². The van der Waals surface area contributed by atoms with Crippen LogP contribution in [0.2, 0.25) is 0 Å². The molecule has 5 rings (SSSR count). The van der Waals surface area contributed by atoms with Crippen molar-refractivity contribution in [2.75, 3.05) is 39.2 Å². The van der Waals surface area contributed by atoms with E-state index in [0.717, 1.165) is 43.0 Å². The van der Waals surface area contributed by atoms with Crippen LogP contribution in [0.5, 0.6) is 17.2 Å². The van der Waals surface area contributed by atoms with Crippen LogP contribution >= 0.6 is 0 Å². The van der Waals surface area contributed by atoms with Crippen LogP contribution in [0.4, 0.5) is 10.1 Å². The third-order valence-corrected chi connectivity index (χ3v) is 7.31. The zero-order valence-electron chi connectivity index (χ0n) is 24.4. The number of ether oxygens (including phenoxy) is 3. The van der Waals surface area contributed by atoms with Gasteiger partial charge in [0.25, 0.3) is 5.91 Å². The number of aryl methyl sites for hydroxylation is 1. The molecule has 0 aliphatic heterocycles. The molecule has 0 saturated carbocycles. The van der Waals surface area contributed by atoms with Gasteiger partial charge in [0.05, 0.1) is 37.4 Å². The van der Waals surface area contributed by atoms with Gasteiger partial charge in [0.1, 0.15) is 11.6 Å². The Morgan fingerprint density at radius 2 is 1.65 bits per heavy atom. The lowest BCUT2D eigenvalue weighted by molar-refractivity contribution is 0.102. The van der Waals surface area contributed by atoms with Crippen LogP contribution in [0.15, 0.2) is 77.6 Å². The molecule has 0 fully saturated rings. The quantitative estimate of drug-likeness (QED) is 0.123. The van der Waals surface area contributed by atoms with Gasteiger partial charge in [0.15, 0.2) is 16.9 Å². The fraction of sp³-hybridized carbons (Fsp3) is 0.235. The van der Waals surface area contributed by atoms with Crippen LogP contribution in [-0.2, 0) is 6.42 Å². The summed E-state index contributed by atoms with van der Waals surface area (Å²) in [4.78, 5) is 29.2. The predicted molar refractivity (Wildman–Crippen MR) is 167 cm³/mol. The van der Waals surface area contributed by atoms with E-state index in [1.165, 1.54) is 17.7 Å². The van der Waals surface area contributed by atoms with Gasteiger partial charge in [-0.05, 0) is 98.6 Å². The fourth-order valence-corrected chi connectivity index (χ4v) is 5.01. The lowest BCUT2D eigenvalue weighted by Gasteiger charge is -2.13. The summed E-state index contributed by atoms with van der Waals surface area (Å²) in [6.45, 7) is 4.07. The smallest absolute Gasteiger partial charge is 0.257 e. The number of methoxy groups -OCH3 is 2. The molecule has 0 unspecified atom stereocenters. The number of aromatic amines is 1. The number of benzene rings is 4. The zero-order valence-corrected chi connectivity index (χ0v) is 24.4. The highest BCUT2D eigenvalue weighted by atomic mass is 19.1. The Morgan fingerprint density at radius 1 is 0.884 bits per heavy atom. The van der Waals surface area contributed by atoms with Gasteiger partial charge in [-0.1, -0.05) is 18.2 Å². The van der Waals surface area contributed by atoms with Gasteiger partial charge in [0, 0.05) is 16.5 Å². The number of H-pyrrole nitrogens is 1. The van der Waals surface area contributed by atoms with Crippen molar-refractivity contribution in [2.45, 2.75) is 19.8 Å². The average molecular weight is 584 g/mol. The summed E-state index contributed by atoms with van der Waals surface area (Å²) in [5.41, 5.74) is 2.88. The molecule has 0 atom stereocenters. The molecule has 0 spiro atoms. The van der Waals surface area contributed by atoms with Crippen molar-refractivity contribution < 1.29 is 23.4 Å². The maximum Gasteiger partial charge on any atom is 0.257 e. The van der Waals surface area contributed by atoms with Crippen LogP contribution in [0.1, 0.15) is 27.9 Å². The number of hydrogen-bond acceptors (Lipinski definition) is 6. The Bertz CT molecular complexity index is 1840. The van der Waals surface area contributed by atoms with Gasteiger partial charge in [-0.15, -0.1) is 0 Å². The highest BCUT2D eigenvalue weighted by Crippen LogP contribution is 2.28. The molecule has 0 radical (unpaired) electrons. The van der Waals surface area contributed by atoms with Crippen molar-refractivity contribution in [2.24, 2.45) is 0 Å². The predicted octanol–water partition coefficient (Wildman–Crippen LogP) is 6.00. The number of pyridine rings is 1. The number of anilines is 1. The Kier molecular flexibility index (Phi) is 9.22. The minimum Gasteiger partial charge on any atom is -0.494 e. The molecule has 0 aliphatic carbocycles. The van der Waals surface area contributed by atoms with Gasteiger partial charge in [-0.2, -0.15) is 0 Å². The molecule has 5 aromatic rings. The van der Waals surface area contributed by atoms with E-state index in [9.17, 15) is 14.0 Å². The number of hydrogen-bond donors (Lipinski definition) is 3. The topological polar surface area (TPSA) is 102 Å². The van der Waals surface area contributed by atoms with Crippen molar-refractivity contribution >= 4 is 33.4 Å². The number of carbonyl (C=O) groups excluding carboxylic acids is 1. The largest absolute Gasteiger partial charge is 0.494 e. The zero-order chi connectivity index (χ0) is 30.3. The second-order valence-electron chi connectivity index (χ2n) is 10.2. The summed E-state index contributed by atoms with van der Waals surface area (Å²) in [6, 6.07) is 20.6. The number of para-hydroxylation sites is 2. The Hall–Kier alpha value is -4.89. The summed E-state index contributed by atoms with van der Waals surface area (Å²) in [5.74, 6) is 1.19. The summed E-state index contributed by atoms with van der Waals surface area (Å²) in [7, 11) is 3.26. The maximum atomic E-state index is 14.4. The second kappa shape index (κ2) is 13.4. The van der Waals surface area contributed by atoms with Crippen LogP contribution < -0.4 is 30.3 Å². The lowest BCUT2D eigenvalue weighted by Crippen LogP contribution is -2.20. The van der Waals surface area contributed by atoms with E-state index in [4.69, 9.17) is 14.2 Å². The first kappa shape index (κ1) is 29.6. The Balaban J connectivity index is 1.14. The molecule has 0 saturated heterocycles. The molecule has 1 heterocycles. The standard InChI is InChI=1S/C34H34FN3O5/c1-21-19-23(43-18-6-16-36-17-15-22-11-14-29(41-2)30(20-22)42-3)12-13-28(21)37-34(40)26-9-4-7-24-31(26)38-32-25(33(24)39)8-5-10-27(32)35/h4-5,7-14,19-20,36H,6,15-18H2,1-3H3,(H,37,40)(H,38,39). The van der Waals surface area contributed by atoms with E-state index in [-0.39, 0.29) is 27.4 Å². The van der Waals surface area contributed by atoms with Crippen LogP contribution in [0, 0.1) is 12.7 Å². The minimum atomic E-state index is -0.552. The summed E-state index contributed by atoms with van der Waals surface area (Å²) < 4.78 is 31.0. The summed E-state index contributed by atoms with van der Waals surface area (Å²) in [6.07, 6.45) is 1.70. The third kappa shape index (κ3) is 6.62. The van der Waals surface area contributed by atoms with E-state index < -0.39 is 11.7 Å². The van der Waals surface area contributed by atoms with Crippen molar-refractivity contribution in [3.05, 3.63) is 106 Å². The molecular weight excluding hydrogens is 549 g/mol. The van der Waals surface area contributed by atoms with E-state index in [2.05, 4.69) is 15.6 Å². The average Bonchev–Trinajstić information content (AvgIpc) is 3.02. The van der Waals surface area contributed by atoms with Crippen molar-refractivity contribution in [3.63, 3.8) is 0 Å². The molecule has 4 aromatic carbocycles. The molecule has 222 valence electrons. The van der Waals surface area contributed by atoms with E-state index in [1.807, 2.05) is 31.2 Å². The van der Waals surface area contributed by atoms with Gasteiger partial charge < -0.3 is 29.8 Å². The number of nitrogens with one attached hydrogen (secondary N) is 3. The first-order valence-electron chi connectivity index (χ1n) is 14.1. The molecule has 43 heavy (non-hydrogen) atoms. The van der Waals surface area contributed by atoms with Crippen molar-refractivity contribution in [1.82, 2.24) is 10.3 Å². The SMILES string of the molecule is COc1ccc(CCNCCCOc2ccc(NC(=O)c3cccc4c(=O)c5cccc(F)c5[nH]c34)c(C)c2)cc1OC. The van der Waals surface area contributed by atoms with Gasteiger partial charge in [0.2, 0.25) is 0 Å². The molecule has 1 aromatic heterocycles. The number of halogens is 1. The molecular formula is C34H34FN3O5. The molecule has 9 heteroatoms. The first-order chi connectivity index (χ1) is 20.9.